The number of hydrogen-bond acceptors (Lipinski definition) is 7. The summed E-state index contributed by atoms with van der Waals surface area (Å²) in [5.41, 5.74) is 1.36. The first-order chi connectivity index (χ1) is 18.4. The van der Waals surface area contributed by atoms with Gasteiger partial charge >= 0.3 is 5.97 Å². The molecule has 1 aliphatic heterocycles. The lowest BCUT2D eigenvalue weighted by molar-refractivity contribution is -0.139. The number of thiazole rings is 1. The van der Waals surface area contributed by atoms with Crippen LogP contribution >= 0.6 is 34.5 Å². The van der Waals surface area contributed by atoms with E-state index in [1.165, 1.54) is 11.3 Å². The molecule has 7 nitrogen and oxygen atoms in total. The highest BCUT2D eigenvalue weighted by molar-refractivity contribution is 7.07. The van der Waals surface area contributed by atoms with Crippen molar-refractivity contribution in [2.45, 2.75) is 26.5 Å². The van der Waals surface area contributed by atoms with E-state index >= 15 is 0 Å². The van der Waals surface area contributed by atoms with Crippen LogP contribution in [0.15, 0.2) is 86.1 Å². The van der Waals surface area contributed by atoms with Gasteiger partial charge in [0.2, 0.25) is 0 Å². The molecule has 194 valence electrons. The van der Waals surface area contributed by atoms with Crippen molar-refractivity contribution in [1.82, 2.24) is 4.57 Å². The number of halogens is 2. The van der Waals surface area contributed by atoms with E-state index in [9.17, 15) is 9.59 Å². The molecule has 38 heavy (non-hydrogen) atoms. The zero-order valence-electron chi connectivity index (χ0n) is 20.4. The van der Waals surface area contributed by atoms with Crippen LogP contribution in [0.1, 0.15) is 37.0 Å². The second-order valence-corrected chi connectivity index (χ2v) is 10.2. The van der Waals surface area contributed by atoms with Crippen LogP contribution in [0.2, 0.25) is 10.0 Å². The van der Waals surface area contributed by atoms with Crippen molar-refractivity contribution in [2.75, 3.05) is 6.61 Å². The van der Waals surface area contributed by atoms with E-state index in [0.717, 1.165) is 5.56 Å². The maximum Gasteiger partial charge on any atom is 0.338 e. The average molecular weight is 569 g/mol. The van der Waals surface area contributed by atoms with Crippen LogP contribution < -0.4 is 19.6 Å². The summed E-state index contributed by atoms with van der Waals surface area (Å²) in [4.78, 5) is 31.6. The highest BCUT2D eigenvalue weighted by Gasteiger charge is 2.33. The molecule has 0 saturated carbocycles. The minimum absolute atomic E-state index is 0.130. The van der Waals surface area contributed by atoms with Gasteiger partial charge in [-0.2, -0.15) is 0 Å². The zero-order chi connectivity index (χ0) is 26.8. The summed E-state index contributed by atoms with van der Waals surface area (Å²) in [6.45, 7) is 3.85. The van der Waals surface area contributed by atoms with E-state index in [4.69, 9.17) is 37.1 Å². The Morgan fingerprint density at radius 2 is 1.92 bits per heavy atom. The predicted octanol–water partition coefficient (Wildman–Crippen LogP) is 5.28. The number of hydrogen-bond donors (Lipinski definition) is 0. The minimum atomic E-state index is -0.656. The summed E-state index contributed by atoms with van der Waals surface area (Å²) in [6.07, 6.45) is 1.66. The first kappa shape index (κ1) is 26.0. The van der Waals surface area contributed by atoms with Gasteiger partial charge < -0.3 is 13.9 Å². The Labute approximate surface area is 231 Å². The Morgan fingerprint density at radius 1 is 1.13 bits per heavy atom. The van der Waals surface area contributed by atoms with Gasteiger partial charge in [-0.3, -0.25) is 9.36 Å². The van der Waals surface area contributed by atoms with Crippen LogP contribution in [0.3, 0.4) is 0 Å². The van der Waals surface area contributed by atoms with Gasteiger partial charge in [-0.25, -0.2) is 9.79 Å². The zero-order valence-corrected chi connectivity index (χ0v) is 22.8. The summed E-state index contributed by atoms with van der Waals surface area (Å²) < 4.78 is 18.9. The molecule has 2 aromatic heterocycles. The number of esters is 1. The topological polar surface area (TPSA) is 83.0 Å². The van der Waals surface area contributed by atoms with Gasteiger partial charge in [0, 0.05) is 6.08 Å². The van der Waals surface area contributed by atoms with Crippen molar-refractivity contribution in [2.24, 2.45) is 4.99 Å². The Bertz CT molecular complexity index is 1720. The number of ether oxygens (including phenoxy) is 2. The SMILES string of the molecule is CCOC(=O)C1=C(C)N=c2s/c(=C/c3ccc(COc4cccc(Cl)c4Cl)o3)c(=O)n2C1c1ccccc1. The second kappa shape index (κ2) is 11.0. The molecule has 0 amide bonds. The predicted molar refractivity (Wildman–Crippen MR) is 146 cm³/mol. The molecule has 2 aromatic carbocycles. The first-order valence-corrected chi connectivity index (χ1v) is 13.3. The van der Waals surface area contributed by atoms with Crippen molar-refractivity contribution in [3.05, 3.63) is 119 Å². The number of nitrogens with zero attached hydrogens (tertiary/aromatic N) is 2. The van der Waals surface area contributed by atoms with Gasteiger partial charge in [0.05, 0.1) is 33.5 Å². The molecule has 10 heteroatoms. The molecule has 0 N–H and O–H groups in total. The molecule has 0 fully saturated rings. The van der Waals surface area contributed by atoms with Gasteiger partial charge in [-0.15, -0.1) is 0 Å². The maximum atomic E-state index is 13.6. The first-order valence-electron chi connectivity index (χ1n) is 11.8. The molecule has 1 atom stereocenters. The molecule has 0 saturated heterocycles. The molecular weight excluding hydrogens is 547 g/mol. The van der Waals surface area contributed by atoms with Crippen LogP contribution in [-0.2, 0) is 16.1 Å². The highest BCUT2D eigenvalue weighted by atomic mass is 35.5. The van der Waals surface area contributed by atoms with Gasteiger partial charge in [0.25, 0.3) is 5.56 Å². The third-order valence-electron chi connectivity index (χ3n) is 5.87. The number of carbonyl (C=O) groups excluding carboxylic acids is 1. The lowest BCUT2D eigenvalue weighted by Gasteiger charge is -2.24. The summed E-state index contributed by atoms with van der Waals surface area (Å²) in [5, 5.41) is 0.724. The van der Waals surface area contributed by atoms with Crippen LogP contribution in [0.4, 0.5) is 0 Å². The fraction of sp³-hybridized carbons (Fsp3) is 0.179. The summed E-state index contributed by atoms with van der Waals surface area (Å²) in [5.74, 6) is 0.970. The van der Waals surface area contributed by atoms with Crippen LogP contribution in [0, 0.1) is 0 Å². The number of carbonyl (C=O) groups is 1. The Kier molecular flexibility index (Phi) is 7.56. The summed E-state index contributed by atoms with van der Waals surface area (Å²) in [6, 6.07) is 17.4. The van der Waals surface area contributed by atoms with Gasteiger partial charge in [-0.05, 0) is 43.7 Å². The van der Waals surface area contributed by atoms with Crippen molar-refractivity contribution in [3.63, 3.8) is 0 Å². The molecule has 0 aliphatic carbocycles. The fourth-order valence-electron chi connectivity index (χ4n) is 4.17. The molecule has 5 rings (SSSR count). The van der Waals surface area contributed by atoms with Crippen molar-refractivity contribution in [3.8, 4) is 5.75 Å². The average Bonchev–Trinajstić information content (AvgIpc) is 3.48. The molecular formula is C28H22Cl2N2O5S. The molecule has 0 bridgehead atoms. The van der Waals surface area contributed by atoms with Crippen molar-refractivity contribution < 1.29 is 18.7 Å². The third-order valence-corrected chi connectivity index (χ3v) is 7.66. The highest BCUT2D eigenvalue weighted by Crippen LogP contribution is 2.32. The number of rotatable bonds is 7. The van der Waals surface area contributed by atoms with Gasteiger partial charge in [0.1, 0.15) is 28.9 Å². The largest absolute Gasteiger partial charge is 0.484 e. The smallest absolute Gasteiger partial charge is 0.338 e. The Hall–Kier alpha value is -3.59. The number of allylic oxidation sites excluding steroid dienone is 1. The van der Waals surface area contributed by atoms with Gasteiger partial charge in [0.15, 0.2) is 4.80 Å². The quantitative estimate of drug-likeness (QED) is 0.283. The molecule has 0 radical (unpaired) electrons. The standard InChI is InChI=1S/C28H22Cl2N2O5S/c1-3-35-27(34)23-16(2)31-28-32(25(23)17-8-5-4-6-9-17)26(33)22(38-28)14-18-12-13-19(37-18)15-36-21-11-7-10-20(29)24(21)30/h4-14,25H,3,15H2,1-2H3/b22-14+. The number of benzene rings is 2. The summed E-state index contributed by atoms with van der Waals surface area (Å²) in [7, 11) is 0. The second-order valence-electron chi connectivity index (χ2n) is 8.36. The van der Waals surface area contributed by atoms with E-state index in [0.29, 0.717) is 47.9 Å². The molecule has 4 aromatic rings. The van der Waals surface area contributed by atoms with Crippen LogP contribution in [0.25, 0.3) is 6.08 Å². The molecule has 0 spiro atoms. The lowest BCUT2D eigenvalue weighted by Crippen LogP contribution is -2.39. The molecule has 3 heterocycles. The van der Waals surface area contributed by atoms with E-state index < -0.39 is 12.0 Å². The molecule has 1 unspecified atom stereocenters. The van der Waals surface area contributed by atoms with E-state index in [-0.39, 0.29) is 18.8 Å². The number of furan rings is 1. The fourth-order valence-corrected chi connectivity index (χ4v) is 5.54. The van der Waals surface area contributed by atoms with Gasteiger partial charge in [-0.1, -0.05) is 70.9 Å². The number of fused-ring (bicyclic) bond motifs is 1. The Morgan fingerprint density at radius 3 is 2.68 bits per heavy atom. The maximum absolute atomic E-state index is 13.6. The van der Waals surface area contributed by atoms with E-state index in [1.807, 2.05) is 30.3 Å². The van der Waals surface area contributed by atoms with E-state index in [1.54, 1.807) is 54.8 Å². The van der Waals surface area contributed by atoms with Crippen molar-refractivity contribution in [1.29, 1.82) is 0 Å². The summed E-state index contributed by atoms with van der Waals surface area (Å²) >= 11 is 13.5. The third kappa shape index (κ3) is 5.07. The normalized spacial score (nSPS) is 15.3. The molecule has 1 aliphatic rings. The van der Waals surface area contributed by atoms with E-state index in [2.05, 4.69) is 4.99 Å². The minimum Gasteiger partial charge on any atom is -0.484 e. The van der Waals surface area contributed by atoms with Crippen molar-refractivity contribution >= 4 is 46.6 Å². The Balaban J connectivity index is 1.50. The lowest BCUT2D eigenvalue weighted by atomic mass is 9.96. The number of aromatic nitrogens is 1. The monoisotopic (exact) mass is 568 g/mol. The van der Waals surface area contributed by atoms with Crippen LogP contribution in [-0.4, -0.2) is 17.1 Å². The van der Waals surface area contributed by atoms with Crippen LogP contribution in [0.5, 0.6) is 5.75 Å².